The SMILES string of the molecule is O=Cc1cn2ccc(Cl)c2c(=O)n1C1=CCCC=C1. The molecule has 0 fully saturated rings. The van der Waals surface area contributed by atoms with Crippen molar-refractivity contribution in [1.82, 2.24) is 8.97 Å². The first-order valence-electron chi connectivity index (χ1n) is 5.97. The zero-order valence-corrected chi connectivity index (χ0v) is 10.8. The van der Waals surface area contributed by atoms with Crippen LogP contribution in [0.2, 0.25) is 5.02 Å². The maximum absolute atomic E-state index is 12.5. The molecular weight excluding hydrogens is 264 g/mol. The highest BCUT2D eigenvalue weighted by Crippen LogP contribution is 2.19. The van der Waals surface area contributed by atoms with Crippen LogP contribution in [-0.2, 0) is 0 Å². The van der Waals surface area contributed by atoms with Crippen LogP contribution in [0.1, 0.15) is 23.3 Å². The van der Waals surface area contributed by atoms with Crippen molar-refractivity contribution in [3.8, 4) is 0 Å². The zero-order valence-electron chi connectivity index (χ0n) is 10.0. The van der Waals surface area contributed by atoms with Gasteiger partial charge in [-0.1, -0.05) is 23.8 Å². The molecule has 0 spiro atoms. The van der Waals surface area contributed by atoms with Crippen LogP contribution in [0.3, 0.4) is 0 Å². The van der Waals surface area contributed by atoms with Crippen LogP contribution in [0.5, 0.6) is 0 Å². The molecule has 2 aromatic heterocycles. The van der Waals surface area contributed by atoms with Crippen LogP contribution in [0.25, 0.3) is 11.2 Å². The zero-order chi connectivity index (χ0) is 13.4. The largest absolute Gasteiger partial charge is 0.316 e. The molecule has 0 aliphatic heterocycles. The Bertz CT molecular complexity index is 781. The van der Waals surface area contributed by atoms with E-state index in [2.05, 4.69) is 0 Å². The number of aromatic nitrogens is 2. The van der Waals surface area contributed by atoms with E-state index in [4.69, 9.17) is 11.6 Å². The van der Waals surface area contributed by atoms with Crippen molar-refractivity contribution in [2.45, 2.75) is 12.8 Å². The van der Waals surface area contributed by atoms with Gasteiger partial charge >= 0.3 is 0 Å². The number of carbonyl (C=O) groups is 1. The highest BCUT2D eigenvalue weighted by atomic mass is 35.5. The molecule has 4 nitrogen and oxygen atoms in total. The lowest BCUT2D eigenvalue weighted by Gasteiger charge is -2.13. The second-order valence-electron chi connectivity index (χ2n) is 4.34. The van der Waals surface area contributed by atoms with Crippen LogP contribution in [-0.4, -0.2) is 15.3 Å². The van der Waals surface area contributed by atoms with Crippen molar-refractivity contribution >= 4 is 29.1 Å². The van der Waals surface area contributed by atoms with Crippen LogP contribution in [0.15, 0.2) is 41.5 Å². The van der Waals surface area contributed by atoms with E-state index in [0.717, 1.165) is 18.5 Å². The van der Waals surface area contributed by atoms with Gasteiger partial charge in [-0.2, -0.15) is 0 Å². The summed E-state index contributed by atoms with van der Waals surface area (Å²) in [4.78, 5) is 23.7. The van der Waals surface area contributed by atoms with Gasteiger partial charge in [-0.3, -0.25) is 14.2 Å². The molecule has 2 aromatic rings. The Hall–Kier alpha value is -2.07. The summed E-state index contributed by atoms with van der Waals surface area (Å²) in [5.41, 5.74) is 1.13. The van der Waals surface area contributed by atoms with Gasteiger partial charge < -0.3 is 4.40 Å². The third-order valence-corrected chi connectivity index (χ3v) is 3.46. The van der Waals surface area contributed by atoms with Gasteiger partial charge in [-0.15, -0.1) is 0 Å². The van der Waals surface area contributed by atoms with E-state index in [1.54, 1.807) is 22.9 Å². The second-order valence-corrected chi connectivity index (χ2v) is 4.75. The average Bonchev–Trinajstić information content (AvgIpc) is 2.81. The minimum atomic E-state index is -0.280. The van der Waals surface area contributed by atoms with Gasteiger partial charge in [0.05, 0.1) is 5.02 Å². The fraction of sp³-hybridized carbons (Fsp3) is 0.143. The molecule has 0 radical (unpaired) electrons. The molecule has 0 saturated carbocycles. The molecule has 1 aliphatic rings. The molecule has 0 saturated heterocycles. The van der Waals surface area contributed by atoms with E-state index in [0.29, 0.717) is 22.5 Å². The van der Waals surface area contributed by atoms with Crippen LogP contribution in [0, 0.1) is 0 Å². The highest BCUT2D eigenvalue weighted by Gasteiger charge is 2.14. The van der Waals surface area contributed by atoms with E-state index in [9.17, 15) is 9.59 Å². The van der Waals surface area contributed by atoms with Gasteiger partial charge in [0.1, 0.15) is 11.2 Å². The maximum Gasteiger partial charge on any atom is 0.281 e. The molecule has 0 unspecified atom stereocenters. The normalized spacial score (nSPS) is 14.7. The number of hydrogen-bond donors (Lipinski definition) is 0. The van der Waals surface area contributed by atoms with Crippen LogP contribution < -0.4 is 5.56 Å². The molecule has 0 aromatic carbocycles. The fourth-order valence-corrected chi connectivity index (χ4v) is 2.52. The highest BCUT2D eigenvalue weighted by molar-refractivity contribution is 6.33. The van der Waals surface area contributed by atoms with Crippen molar-refractivity contribution < 1.29 is 4.79 Å². The summed E-state index contributed by atoms with van der Waals surface area (Å²) in [6.07, 6.45) is 11.5. The summed E-state index contributed by atoms with van der Waals surface area (Å²) in [6, 6.07) is 1.64. The van der Waals surface area contributed by atoms with Crippen molar-refractivity contribution in [3.63, 3.8) is 0 Å². The van der Waals surface area contributed by atoms with E-state index < -0.39 is 0 Å². The summed E-state index contributed by atoms with van der Waals surface area (Å²) in [5, 5.41) is 0.386. The Morgan fingerprint density at radius 1 is 1.32 bits per heavy atom. The van der Waals surface area contributed by atoms with E-state index in [-0.39, 0.29) is 5.56 Å². The number of hydrogen-bond acceptors (Lipinski definition) is 2. The average molecular weight is 275 g/mol. The Labute approximate surface area is 114 Å². The lowest BCUT2D eigenvalue weighted by Crippen LogP contribution is -2.24. The first-order chi connectivity index (χ1) is 9.22. The molecule has 19 heavy (non-hydrogen) atoms. The number of allylic oxidation sites excluding steroid dienone is 4. The smallest absolute Gasteiger partial charge is 0.281 e. The number of fused-ring (bicyclic) bond motifs is 1. The first kappa shape index (κ1) is 12.0. The van der Waals surface area contributed by atoms with Gasteiger partial charge in [0.25, 0.3) is 5.56 Å². The number of aldehydes is 1. The third-order valence-electron chi connectivity index (χ3n) is 3.16. The maximum atomic E-state index is 12.5. The Balaban J connectivity index is 2.39. The number of halogens is 1. The molecule has 0 atom stereocenters. The van der Waals surface area contributed by atoms with E-state index in [1.807, 2.05) is 18.2 Å². The monoisotopic (exact) mass is 274 g/mol. The number of nitrogens with zero attached hydrogens (tertiary/aromatic N) is 2. The molecular formula is C14H11ClN2O2. The second kappa shape index (κ2) is 4.55. The molecule has 1 aliphatic carbocycles. The minimum absolute atomic E-state index is 0.280. The topological polar surface area (TPSA) is 43.5 Å². The third kappa shape index (κ3) is 1.85. The van der Waals surface area contributed by atoms with Gasteiger partial charge in [-0.25, -0.2) is 0 Å². The molecule has 96 valence electrons. The molecule has 5 heteroatoms. The van der Waals surface area contributed by atoms with Gasteiger partial charge in [0, 0.05) is 18.1 Å². The van der Waals surface area contributed by atoms with Crippen molar-refractivity contribution in [3.05, 3.63) is 57.8 Å². The Morgan fingerprint density at radius 2 is 2.16 bits per heavy atom. The summed E-state index contributed by atoms with van der Waals surface area (Å²) < 4.78 is 2.99. The summed E-state index contributed by atoms with van der Waals surface area (Å²) in [6.45, 7) is 0. The summed E-state index contributed by atoms with van der Waals surface area (Å²) in [5.74, 6) is 0. The van der Waals surface area contributed by atoms with Crippen molar-refractivity contribution in [2.75, 3.05) is 0 Å². The van der Waals surface area contributed by atoms with E-state index in [1.165, 1.54) is 4.57 Å². The first-order valence-corrected chi connectivity index (χ1v) is 6.34. The Kier molecular flexibility index (Phi) is 2.87. The van der Waals surface area contributed by atoms with Gasteiger partial charge in [0.15, 0.2) is 6.29 Å². The van der Waals surface area contributed by atoms with Crippen LogP contribution >= 0.6 is 11.6 Å². The van der Waals surface area contributed by atoms with Crippen molar-refractivity contribution in [2.24, 2.45) is 0 Å². The van der Waals surface area contributed by atoms with Gasteiger partial charge in [0.2, 0.25) is 0 Å². The lowest BCUT2D eigenvalue weighted by atomic mass is 10.1. The molecule has 0 amide bonds. The minimum Gasteiger partial charge on any atom is -0.316 e. The molecule has 2 heterocycles. The van der Waals surface area contributed by atoms with Crippen molar-refractivity contribution in [1.29, 1.82) is 0 Å². The molecule has 3 rings (SSSR count). The summed E-state index contributed by atoms with van der Waals surface area (Å²) in [7, 11) is 0. The molecule has 0 bridgehead atoms. The lowest BCUT2D eigenvalue weighted by molar-refractivity contribution is 0.111. The fourth-order valence-electron chi connectivity index (χ4n) is 2.28. The standard InChI is InChI=1S/C14H11ClN2O2/c15-12-6-7-16-8-11(9-18)17(14(19)13(12)16)10-4-2-1-3-5-10/h2,4-9H,1,3H2. The number of carbonyl (C=O) groups excluding carboxylic acids is 1. The van der Waals surface area contributed by atoms with Gasteiger partial charge in [-0.05, 0) is 25.0 Å². The van der Waals surface area contributed by atoms with Crippen LogP contribution in [0.4, 0.5) is 0 Å². The predicted molar refractivity (Wildman–Crippen MR) is 74.7 cm³/mol. The predicted octanol–water partition coefficient (Wildman–Crippen LogP) is 2.76. The van der Waals surface area contributed by atoms with E-state index >= 15 is 0 Å². The Morgan fingerprint density at radius 3 is 2.84 bits per heavy atom. The quantitative estimate of drug-likeness (QED) is 0.791. The summed E-state index contributed by atoms with van der Waals surface area (Å²) >= 11 is 6.02. The molecule has 0 N–H and O–H groups in total. The number of rotatable bonds is 2.